The van der Waals surface area contributed by atoms with Crippen molar-refractivity contribution in [3.05, 3.63) is 58.8 Å². The Bertz CT molecular complexity index is 1240. The molecule has 2 heterocycles. The fourth-order valence-electron chi connectivity index (χ4n) is 4.75. The number of allylic oxidation sites excluding steroid dienone is 2. The number of anilines is 1. The molecule has 1 aliphatic carbocycles. The van der Waals surface area contributed by atoms with Crippen LogP contribution >= 0.6 is 0 Å². The number of nitrogens with one attached hydrogen (secondary N) is 1. The largest absolute Gasteiger partial charge is 0.497 e. The summed E-state index contributed by atoms with van der Waals surface area (Å²) >= 11 is 0. The van der Waals surface area contributed by atoms with Gasteiger partial charge in [-0.05, 0) is 58.2 Å². The van der Waals surface area contributed by atoms with E-state index in [1.165, 1.54) is 0 Å². The van der Waals surface area contributed by atoms with Gasteiger partial charge in [-0.15, -0.1) is 0 Å². The van der Waals surface area contributed by atoms with Crippen LogP contribution in [0.4, 0.5) is 5.95 Å². The number of rotatable bonds is 6. The molecule has 176 valence electrons. The summed E-state index contributed by atoms with van der Waals surface area (Å²) in [5.41, 5.74) is 3.29. The van der Waals surface area contributed by atoms with Gasteiger partial charge in [0.05, 0.1) is 28.4 Å². The second-order valence-electron chi connectivity index (χ2n) is 8.13. The van der Waals surface area contributed by atoms with E-state index in [0.29, 0.717) is 41.6 Å². The van der Waals surface area contributed by atoms with E-state index in [4.69, 9.17) is 18.9 Å². The SMILES string of the molecule is COc1ccc([C@H]2CC(=O)C3=C(C2)Nc2nnnn2[C@@H]3c2cc(OC)c(OC)c(OC)c2)cc1. The summed E-state index contributed by atoms with van der Waals surface area (Å²) in [6.07, 6.45) is 1.03. The zero-order chi connectivity index (χ0) is 23.8. The third kappa shape index (κ3) is 3.51. The first-order chi connectivity index (χ1) is 16.6. The summed E-state index contributed by atoms with van der Waals surface area (Å²) < 4.78 is 23.4. The van der Waals surface area contributed by atoms with Crippen LogP contribution in [0.3, 0.4) is 0 Å². The molecule has 0 saturated heterocycles. The Morgan fingerprint density at radius 2 is 1.62 bits per heavy atom. The van der Waals surface area contributed by atoms with Crippen LogP contribution in [0.2, 0.25) is 0 Å². The average Bonchev–Trinajstić information content (AvgIpc) is 3.34. The van der Waals surface area contributed by atoms with Crippen molar-refractivity contribution in [1.29, 1.82) is 0 Å². The van der Waals surface area contributed by atoms with Gasteiger partial charge in [0, 0.05) is 17.7 Å². The van der Waals surface area contributed by atoms with Gasteiger partial charge in [0.25, 0.3) is 0 Å². The third-order valence-corrected chi connectivity index (χ3v) is 6.37. The number of methoxy groups -OCH3 is 4. The first-order valence-electron chi connectivity index (χ1n) is 10.8. The second-order valence-corrected chi connectivity index (χ2v) is 8.13. The molecule has 0 saturated carbocycles. The molecular weight excluding hydrogens is 438 g/mol. The van der Waals surface area contributed by atoms with Crippen LogP contribution < -0.4 is 24.3 Å². The fraction of sp³-hybridized carbons (Fsp3) is 0.333. The Balaban J connectivity index is 1.60. The van der Waals surface area contributed by atoms with Crippen LogP contribution in [-0.4, -0.2) is 54.4 Å². The smallest absolute Gasteiger partial charge is 0.248 e. The molecule has 34 heavy (non-hydrogen) atoms. The quantitative estimate of drug-likeness (QED) is 0.589. The lowest BCUT2D eigenvalue weighted by atomic mass is 9.78. The van der Waals surface area contributed by atoms with Crippen LogP contribution in [0.15, 0.2) is 47.7 Å². The highest BCUT2D eigenvalue weighted by Crippen LogP contribution is 2.47. The number of tetrazole rings is 1. The van der Waals surface area contributed by atoms with Crippen LogP contribution in [0.1, 0.15) is 35.9 Å². The van der Waals surface area contributed by atoms with Crippen LogP contribution in [0.5, 0.6) is 23.0 Å². The standard InChI is InChI=1S/C24H25N5O5/c1-31-16-7-5-13(6-8-16)14-9-17-21(18(30)10-14)22(29-24(25-17)26-27-28-29)15-11-19(32-2)23(34-4)20(12-15)33-3/h5-8,11-12,14,22H,9-10H2,1-4H3,(H,25,26,28)/t14-,22-/m1/s1. The highest BCUT2D eigenvalue weighted by Gasteiger charge is 2.40. The van der Waals surface area contributed by atoms with Gasteiger partial charge in [0.1, 0.15) is 11.8 Å². The van der Waals surface area contributed by atoms with Crippen LogP contribution in [0.25, 0.3) is 0 Å². The first-order valence-corrected chi connectivity index (χ1v) is 10.8. The van der Waals surface area contributed by atoms with E-state index in [1.807, 2.05) is 36.4 Å². The molecule has 0 fully saturated rings. The zero-order valence-electron chi connectivity index (χ0n) is 19.4. The van der Waals surface area contributed by atoms with Crippen molar-refractivity contribution in [2.75, 3.05) is 33.8 Å². The van der Waals surface area contributed by atoms with Crippen molar-refractivity contribution < 1.29 is 23.7 Å². The Labute approximate surface area is 196 Å². The van der Waals surface area contributed by atoms with Gasteiger partial charge in [-0.2, -0.15) is 4.68 Å². The maximum Gasteiger partial charge on any atom is 0.248 e. The number of ketones is 1. The summed E-state index contributed by atoms with van der Waals surface area (Å²) in [5, 5.41) is 15.4. The van der Waals surface area contributed by atoms with Gasteiger partial charge in [0.2, 0.25) is 11.7 Å². The number of Topliss-reactive ketones (excluding diaryl/α,β-unsaturated/α-hetero) is 1. The fourth-order valence-corrected chi connectivity index (χ4v) is 4.75. The Kier molecular flexibility index (Phi) is 5.56. The van der Waals surface area contributed by atoms with Crippen molar-refractivity contribution in [1.82, 2.24) is 20.2 Å². The lowest BCUT2D eigenvalue weighted by Crippen LogP contribution is -2.33. The van der Waals surface area contributed by atoms with E-state index < -0.39 is 6.04 Å². The van der Waals surface area contributed by atoms with Crippen LogP contribution in [-0.2, 0) is 4.79 Å². The Hall–Kier alpha value is -4.08. The minimum Gasteiger partial charge on any atom is -0.497 e. The van der Waals surface area contributed by atoms with E-state index in [9.17, 15) is 4.79 Å². The molecule has 0 amide bonds. The molecule has 1 aromatic heterocycles. The highest BCUT2D eigenvalue weighted by molar-refractivity contribution is 6.00. The predicted octanol–water partition coefficient (Wildman–Crippen LogP) is 3.12. The number of benzene rings is 2. The molecule has 2 aromatic carbocycles. The summed E-state index contributed by atoms with van der Waals surface area (Å²) in [6, 6.07) is 11.0. The number of hydrogen-bond acceptors (Lipinski definition) is 9. The first kappa shape index (κ1) is 21.7. The third-order valence-electron chi connectivity index (χ3n) is 6.37. The van der Waals surface area contributed by atoms with Crippen molar-refractivity contribution in [2.24, 2.45) is 0 Å². The molecule has 10 nitrogen and oxygen atoms in total. The van der Waals surface area contributed by atoms with E-state index in [0.717, 1.165) is 22.6 Å². The molecular formula is C24H25N5O5. The highest BCUT2D eigenvalue weighted by atomic mass is 16.5. The van der Waals surface area contributed by atoms with Crippen molar-refractivity contribution >= 4 is 11.7 Å². The predicted molar refractivity (Wildman–Crippen MR) is 123 cm³/mol. The zero-order valence-corrected chi connectivity index (χ0v) is 19.4. The summed E-state index contributed by atoms with van der Waals surface area (Å²) in [5.74, 6) is 2.78. The molecule has 0 spiro atoms. The number of ether oxygens (including phenoxy) is 4. The normalized spacial score (nSPS) is 19.1. The van der Waals surface area contributed by atoms with Gasteiger partial charge >= 0.3 is 0 Å². The summed E-state index contributed by atoms with van der Waals surface area (Å²) in [7, 11) is 6.30. The average molecular weight is 463 g/mol. The number of fused-ring (bicyclic) bond motifs is 1. The maximum absolute atomic E-state index is 13.6. The minimum atomic E-state index is -0.528. The summed E-state index contributed by atoms with van der Waals surface area (Å²) in [4.78, 5) is 13.6. The van der Waals surface area contributed by atoms with E-state index in [-0.39, 0.29) is 11.7 Å². The van der Waals surface area contributed by atoms with E-state index >= 15 is 0 Å². The molecule has 0 unspecified atom stereocenters. The Morgan fingerprint density at radius 3 is 2.24 bits per heavy atom. The maximum atomic E-state index is 13.6. The molecule has 3 aromatic rings. The van der Waals surface area contributed by atoms with Crippen molar-refractivity contribution in [3.8, 4) is 23.0 Å². The topological polar surface area (TPSA) is 110 Å². The molecule has 1 N–H and O–H groups in total. The second kappa shape index (κ2) is 8.69. The van der Waals surface area contributed by atoms with Crippen LogP contribution in [0, 0.1) is 0 Å². The lowest BCUT2D eigenvalue weighted by Gasteiger charge is -2.35. The number of carbonyl (C=O) groups excluding carboxylic acids is 1. The van der Waals surface area contributed by atoms with E-state index in [2.05, 4.69) is 20.8 Å². The molecule has 0 radical (unpaired) electrons. The minimum absolute atomic E-state index is 0.0349. The number of nitrogens with zero attached hydrogens (tertiary/aromatic N) is 4. The molecule has 0 bridgehead atoms. The molecule has 1 aliphatic heterocycles. The van der Waals surface area contributed by atoms with Crippen molar-refractivity contribution in [2.45, 2.75) is 24.8 Å². The molecule has 5 rings (SSSR count). The lowest BCUT2D eigenvalue weighted by molar-refractivity contribution is -0.116. The molecule has 10 heteroatoms. The number of hydrogen-bond donors (Lipinski definition) is 1. The Morgan fingerprint density at radius 1 is 0.912 bits per heavy atom. The van der Waals surface area contributed by atoms with Gasteiger partial charge in [-0.1, -0.05) is 17.2 Å². The number of carbonyl (C=O) groups is 1. The van der Waals surface area contributed by atoms with Gasteiger partial charge < -0.3 is 24.3 Å². The van der Waals surface area contributed by atoms with Gasteiger partial charge in [0.15, 0.2) is 17.3 Å². The monoisotopic (exact) mass is 463 g/mol. The van der Waals surface area contributed by atoms with Gasteiger partial charge in [-0.25, -0.2) is 0 Å². The van der Waals surface area contributed by atoms with Gasteiger partial charge in [-0.3, -0.25) is 4.79 Å². The summed E-state index contributed by atoms with van der Waals surface area (Å²) in [6.45, 7) is 0. The molecule has 2 aliphatic rings. The number of aromatic nitrogens is 4. The van der Waals surface area contributed by atoms with Crippen molar-refractivity contribution in [3.63, 3.8) is 0 Å². The molecule has 2 atom stereocenters. The van der Waals surface area contributed by atoms with E-state index in [1.54, 1.807) is 33.1 Å².